The number of likely N-dealkylation sites (tertiary alicyclic amines) is 1. The van der Waals surface area contributed by atoms with Gasteiger partial charge >= 0.3 is 6.09 Å². The minimum Gasteiger partial charge on any atom is -0.444 e. The molecule has 4 aromatic heterocycles. The largest absolute Gasteiger partial charge is 0.444 e. The van der Waals surface area contributed by atoms with E-state index in [0.29, 0.717) is 5.92 Å². The third-order valence-corrected chi connectivity index (χ3v) is 8.07. The van der Waals surface area contributed by atoms with Crippen LogP contribution in [0.4, 0.5) is 4.79 Å². The van der Waals surface area contributed by atoms with Gasteiger partial charge in [0.2, 0.25) is 0 Å². The molecular formula is C30H33N7O2S. The SMILES string of the molecule is Cn1cc(-c2ccc3nnc(Sc4ccc5ncc(CC6CCN(C(=O)OC(C)(C)C)CC6)cc5c4)n3c2)cn1. The highest BCUT2D eigenvalue weighted by atomic mass is 32.2. The third kappa shape index (κ3) is 5.82. The Labute approximate surface area is 237 Å². The van der Waals surface area contributed by atoms with Crippen LogP contribution in [0.25, 0.3) is 27.7 Å². The molecule has 0 unspecified atom stereocenters. The fraction of sp³-hybridized carbons (Fsp3) is 0.367. The summed E-state index contributed by atoms with van der Waals surface area (Å²) in [5, 5.41) is 15.0. The van der Waals surface area contributed by atoms with E-state index in [4.69, 9.17) is 9.72 Å². The average molecular weight is 556 g/mol. The van der Waals surface area contributed by atoms with Gasteiger partial charge in [-0.3, -0.25) is 14.1 Å². The maximum atomic E-state index is 12.4. The number of amides is 1. The van der Waals surface area contributed by atoms with Gasteiger partial charge in [-0.25, -0.2) is 4.79 Å². The van der Waals surface area contributed by atoms with Crippen LogP contribution in [0.15, 0.2) is 71.2 Å². The van der Waals surface area contributed by atoms with Crippen LogP contribution in [0.2, 0.25) is 0 Å². The molecule has 40 heavy (non-hydrogen) atoms. The molecule has 5 heterocycles. The molecule has 0 atom stereocenters. The Hall–Kier alpha value is -3.92. The molecule has 1 amide bonds. The van der Waals surface area contributed by atoms with Crippen molar-refractivity contribution in [1.82, 2.24) is 34.3 Å². The van der Waals surface area contributed by atoms with E-state index in [-0.39, 0.29) is 6.09 Å². The summed E-state index contributed by atoms with van der Waals surface area (Å²) in [4.78, 5) is 20.0. The Morgan fingerprint density at radius 1 is 1.02 bits per heavy atom. The lowest BCUT2D eigenvalue weighted by Gasteiger charge is -2.33. The van der Waals surface area contributed by atoms with E-state index in [9.17, 15) is 4.79 Å². The van der Waals surface area contributed by atoms with Crippen LogP contribution in [0.5, 0.6) is 0 Å². The van der Waals surface area contributed by atoms with E-state index >= 15 is 0 Å². The molecule has 5 aromatic rings. The second-order valence-electron chi connectivity index (χ2n) is 11.4. The molecule has 1 aliphatic rings. The van der Waals surface area contributed by atoms with Crippen LogP contribution in [0.3, 0.4) is 0 Å². The quantitative estimate of drug-likeness (QED) is 0.262. The zero-order valence-corrected chi connectivity index (χ0v) is 24.1. The van der Waals surface area contributed by atoms with Crippen LogP contribution < -0.4 is 0 Å². The highest BCUT2D eigenvalue weighted by molar-refractivity contribution is 7.99. The van der Waals surface area contributed by atoms with Crippen molar-refractivity contribution in [3.05, 3.63) is 66.7 Å². The first kappa shape index (κ1) is 26.3. The first-order chi connectivity index (χ1) is 19.2. The normalized spacial score (nSPS) is 14.8. The summed E-state index contributed by atoms with van der Waals surface area (Å²) in [5.41, 5.74) is 4.64. The summed E-state index contributed by atoms with van der Waals surface area (Å²) in [6.07, 6.45) is 10.6. The lowest BCUT2D eigenvalue weighted by molar-refractivity contribution is 0.0184. The van der Waals surface area contributed by atoms with Crippen molar-refractivity contribution in [3.8, 4) is 11.1 Å². The molecule has 0 N–H and O–H groups in total. The molecule has 6 rings (SSSR count). The van der Waals surface area contributed by atoms with Gasteiger partial charge in [-0.15, -0.1) is 10.2 Å². The number of ether oxygens (including phenoxy) is 1. The number of aromatic nitrogens is 6. The Kier molecular flexibility index (Phi) is 6.95. The van der Waals surface area contributed by atoms with Crippen molar-refractivity contribution in [2.75, 3.05) is 13.1 Å². The number of carbonyl (C=O) groups excluding carboxylic acids is 1. The Bertz CT molecular complexity index is 1680. The maximum absolute atomic E-state index is 12.4. The summed E-state index contributed by atoms with van der Waals surface area (Å²) in [7, 11) is 1.91. The molecule has 0 bridgehead atoms. The van der Waals surface area contributed by atoms with Gasteiger partial charge in [0.25, 0.3) is 0 Å². The first-order valence-corrected chi connectivity index (χ1v) is 14.4. The molecule has 206 valence electrons. The molecule has 10 heteroatoms. The van der Waals surface area contributed by atoms with E-state index in [1.54, 1.807) is 16.4 Å². The van der Waals surface area contributed by atoms with Gasteiger partial charge in [-0.2, -0.15) is 5.10 Å². The van der Waals surface area contributed by atoms with E-state index < -0.39 is 5.60 Å². The summed E-state index contributed by atoms with van der Waals surface area (Å²) in [6, 6.07) is 12.6. The summed E-state index contributed by atoms with van der Waals surface area (Å²) < 4.78 is 9.36. The molecule has 1 aliphatic heterocycles. The lowest BCUT2D eigenvalue weighted by Crippen LogP contribution is -2.42. The number of pyridine rings is 2. The van der Waals surface area contributed by atoms with Crippen molar-refractivity contribution in [3.63, 3.8) is 0 Å². The standard InChI is InChI=1S/C30H33N7O2S/c1-30(2,3)39-29(38)36-11-9-20(10-12-36)13-21-14-23-15-25(6-7-26(23)31-16-21)40-28-34-33-27-8-5-22(19-37(27)28)24-17-32-35(4)18-24/h5-8,14-20H,9-13H2,1-4H3. The van der Waals surface area contributed by atoms with Crippen molar-refractivity contribution in [2.24, 2.45) is 13.0 Å². The number of hydrogen-bond donors (Lipinski definition) is 0. The molecular weight excluding hydrogens is 522 g/mol. The predicted molar refractivity (Wildman–Crippen MR) is 155 cm³/mol. The smallest absolute Gasteiger partial charge is 0.410 e. The molecule has 0 spiro atoms. The van der Waals surface area contributed by atoms with E-state index in [1.807, 2.05) is 67.8 Å². The molecule has 0 saturated carbocycles. The molecule has 1 saturated heterocycles. The van der Waals surface area contributed by atoms with Gasteiger partial charge in [-0.05, 0) is 99.7 Å². The number of carbonyl (C=O) groups is 1. The van der Waals surface area contributed by atoms with Crippen LogP contribution >= 0.6 is 11.8 Å². The van der Waals surface area contributed by atoms with E-state index in [0.717, 1.165) is 70.1 Å². The Balaban J connectivity index is 1.15. The fourth-order valence-electron chi connectivity index (χ4n) is 5.10. The summed E-state index contributed by atoms with van der Waals surface area (Å²) in [5.74, 6) is 0.520. The Morgan fingerprint density at radius 3 is 2.60 bits per heavy atom. The Morgan fingerprint density at radius 2 is 1.85 bits per heavy atom. The van der Waals surface area contributed by atoms with Crippen LogP contribution in [0, 0.1) is 5.92 Å². The van der Waals surface area contributed by atoms with Gasteiger partial charge < -0.3 is 9.64 Å². The highest BCUT2D eigenvalue weighted by Crippen LogP contribution is 2.31. The van der Waals surface area contributed by atoms with Gasteiger partial charge in [0.1, 0.15) is 5.60 Å². The van der Waals surface area contributed by atoms with E-state index in [1.165, 1.54) is 5.56 Å². The van der Waals surface area contributed by atoms with Crippen molar-refractivity contribution in [2.45, 2.75) is 55.7 Å². The zero-order valence-electron chi connectivity index (χ0n) is 23.2. The third-order valence-electron chi connectivity index (χ3n) is 7.12. The number of benzene rings is 1. The zero-order chi connectivity index (χ0) is 27.9. The second-order valence-corrected chi connectivity index (χ2v) is 12.5. The number of fused-ring (bicyclic) bond motifs is 2. The minimum absolute atomic E-state index is 0.211. The van der Waals surface area contributed by atoms with Gasteiger partial charge in [0.15, 0.2) is 10.8 Å². The number of aryl methyl sites for hydroxylation is 1. The van der Waals surface area contributed by atoms with Crippen LogP contribution in [-0.4, -0.2) is 59.0 Å². The number of nitrogens with zero attached hydrogens (tertiary/aromatic N) is 7. The van der Waals surface area contributed by atoms with Crippen molar-refractivity contribution >= 4 is 34.4 Å². The summed E-state index contributed by atoms with van der Waals surface area (Å²) in [6.45, 7) is 7.18. The lowest BCUT2D eigenvalue weighted by atomic mass is 9.90. The van der Waals surface area contributed by atoms with Gasteiger partial charge in [-0.1, -0.05) is 0 Å². The molecule has 0 aliphatic carbocycles. The molecule has 1 aromatic carbocycles. The second kappa shape index (κ2) is 10.6. The highest BCUT2D eigenvalue weighted by Gasteiger charge is 2.27. The molecule has 1 fully saturated rings. The van der Waals surface area contributed by atoms with Gasteiger partial charge in [0, 0.05) is 60.1 Å². The van der Waals surface area contributed by atoms with Crippen molar-refractivity contribution < 1.29 is 9.53 Å². The van der Waals surface area contributed by atoms with E-state index in [2.05, 4.69) is 45.8 Å². The number of rotatable bonds is 5. The monoisotopic (exact) mass is 555 g/mol. The predicted octanol–water partition coefficient (Wildman–Crippen LogP) is 6.02. The summed E-state index contributed by atoms with van der Waals surface area (Å²) >= 11 is 1.59. The number of hydrogen-bond acceptors (Lipinski definition) is 7. The van der Waals surface area contributed by atoms with Gasteiger partial charge in [0.05, 0.1) is 11.7 Å². The topological polar surface area (TPSA) is 90.4 Å². The molecule has 9 nitrogen and oxygen atoms in total. The maximum Gasteiger partial charge on any atom is 0.410 e. The first-order valence-electron chi connectivity index (χ1n) is 13.6. The van der Waals surface area contributed by atoms with Crippen LogP contribution in [-0.2, 0) is 18.2 Å². The molecule has 0 radical (unpaired) electrons. The number of piperidine rings is 1. The van der Waals surface area contributed by atoms with Crippen LogP contribution in [0.1, 0.15) is 39.2 Å². The average Bonchev–Trinajstić information content (AvgIpc) is 3.53. The minimum atomic E-state index is -0.466. The fourth-order valence-corrected chi connectivity index (χ4v) is 5.95. The van der Waals surface area contributed by atoms with Crippen molar-refractivity contribution in [1.29, 1.82) is 0 Å².